The summed E-state index contributed by atoms with van der Waals surface area (Å²) < 4.78 is 33.0. The SMILES string of the molecule is CC[C@H](C)NC(=O)CN(c1ccccc1OC)S(=O)(=O)c1ccc(C)cc1. The van der Waals surface area contributed by atoms with Crippen LogP contribution in [0.2, 0.25) is 0 Å². The number of carbonyl (C=O) groups is 1. The van der Waals surface area contributed by atoms with Crippen LogP contribution in [-0.2, 0) is 14.8 Å². The molecule has 0 saturated heterocycles. The lowest BCUT2D eigenvalue weighted by Gasteiger charge is -2.26. The second-order valence-corrected chi connectivity index (χ2v) is 8.24. The molecule has 6 nitrogen and oxygen atoms in total. The molecule has 0 aliphatic rings. The molecule has 7 heteroatoms. The summed E-state index contributed by atoms with van der Waals surface area (Å²) >= 11 is 0. The van der Waals surface area contributed by atoms with Crippen LogP contribution >= 0.6 is 0 Å². The van der Waals surface area contributed by atoms with Crippen LogP contribution in [0, 0.1) is 6.92 Å². The van der Waals surface area contributed by atoms with Gasteiger partial charge in [-0.05, 0) is 44.5 Å². The molecule has 2 rings (SSSR count). The molecule has 0 fully saturated rings. The Morgan fingerprint density at radius 1 is 1.15 bits per heavy atom. The van der Waals surface area contributed by atoms with Crippen molar-refractivity contribution in [2.45, 2.75) is 38.1 Å². The largest absolute Gasteiger partial charge is 0.495 e. The molecular weight excluding hydrogens is 364 g/mol. The second kappa shape index (κ2) is 8.90. The molecule has 0 spiro atoms. The van der Waals surface area contributed by atoms with Crippen molar-refractivity contribution in [3.05, 3.63) is 54.1 Å². The first-order chi connectivity index (χ1) is 12.8. The minimum absolute atomic E-state index is 0.0425. The first-order valence-electron chi connectivity index (χ1n) is 8.81. The molecule has 0 unspecified atom stereocenters. The third kappa shape index (κ3) is 5.01. The van der Waals surface area contributed by atoms with Gasteiger partial charge in [-0.25, -0.2) is 8.42 Å². The summed E-state index contributed by atoms with van der Waals surface area (Å²) in [7, 11) is -2.48. The third-order valence-corrected chi connectivity index (χ3v) is 6.04. The minimum Gasteiger partial charge on any atom is -0.495 e. The van der Waals surface area contributed by atoms with E-state index in [2.05, 4.69) is 5.32 Å². The fourth-order valence-corrected chi connectivity index (χ4v) is 3.96. The average molecular weight is 391 g/mol. The number of nitrogens with zero attached hydrogens (tertiary/aromatic N) is 1. The lowest BCUT2D eigenvalue weighted by atomic mass is 10.2. The Bertz CT molecular complexity index is 879. The van der Waals surface area contributed by atoms with Crippen molar-refractivity contribution in [1.29, 1.82) is 0 Å². The summed E-state index contributed by atoms with van der Waals surface area (Å²) in [5.74, 6) is 0.00969. The van der Waals surface area contributed by atoms with Gasteiger partial charge in [0, 0.05) is 6.04 Å². The number of anilines is 1. The van der Waals surface area contributed by atoms with Crippen LogP contribution in [-0.4, -0.2) is 34.0 Å². The zero-order valence-electron chi connectivity index (χ0n) is 16.1. The van der Waals surface area contributed by atoms with Gasteiger partial charge in [-0.15, -0.1) is 0 Å². The van der Waals surface area contributed by atoms with E-state index in [1.807, 2.05) is 20.8 Å². The number of ether oxygens (including phenoxy) is 1. The lowest BCUT2D eigenvalue weighted by molar-refractivity contribution is -0.120. The monoisotopic (exact) mass is 390 g/mol. The van der Waals surface area contributed by atoms with Crippen molar-refractivity contribution in [2.24, 2.45) is 0 Å². The van der Waals surface area contributed by atoms with Crippen LogP contribution in [0.15, 0.2) is 53.4 Å². The highest BCUT2D eigenvalue weighted by molar-refractivity contribution is 7.92. The van der Waals surface area contributed by atoms with Crippen molar-refractivity contribution in [2.75, 3.05) is 18.0 Å². The number of hydrogen-bond donors (Lipinski definition) is 1. The maximum Gasteiger partial charge on any atom is 0.264 e. The predicted octanol–water partition coefficient (Wildman–Crippen LogP) is 3.11. The van der Waals surface area contributed by atoms with E-state index in [1.165, 1.54) is 7.11 Å². The first-order valence-corrected chi connectivity index (χ1v) is 10.3. The summed E-state index contributed by atoms with van der Waals surface area (Å²) in [4.78, 5) is 12.6. The quantitative estimate of drug-likeness (QED) is 0.751. The Balaban J connectivity index is 2.49. The topological polar surface area (TPSA) is 75.7 Å². The van der Waals surface area contributed by atoms with Gasteiger partial charge >= 0.3 is 0 Å². The van der Waals surface area contributed by atoms with Gasteiger partial charge in [-0.1, -0.05) is 36.8 Å². The molecule has 0 saturated carbocycles. The third-order valence-electron chi connectivity index (χ3n) is 4.27. The van der Waals surface area contributed by atoms with Gasteiger partial charge in [-0.3, -0.25) is 9.10 Å². The molecule has 1 N–H and O–H groups in total. The Labute approximate surface area is 161 Å². The zero-order chi connectivity index (χ0) is 20.0. The van der Waals surface area contributed by atoms with Crippen molar-refractivity contribution in [1.82, 2.24) is 5.32 Å². The number of hydrogen-bond acceptors (Lipinski definition) is 4. The van der Waals surface area contributed by atoms with Gasteiger partial charge in [0.05, 0.1) is 17.7 Å². The Morgan fingerprint density at radius 3 is 2.37 bits per heavy atom. The van der Waals surface area contributed by atoms with Gasteiger partial charge in [0.1, 0.15) is 12.3 Å². The molecule has 0 aromatic heterocycles. The predicted molar refractivity (Wildman–Crippen MR) is 107 cm³/mol. The summed E-state index contributed by atoms with van der Waals surface area (Å²) in [6, 6.07) is 13.2. The summed E-state index contributed by atoms with van der Waals surface area (Å²) in [5.41, 5.74) is 1.27. The maximum atomic E-state index is 13.3. The van der Waals surface area contributed by atoms with E-state index in [9.17, 15) is 13.2 Å². The molecule has 1 atom stereocenters. The average Bonchev–Trinajstić information content (AvgIpc) is 2.66. The van der Waals surface area contributed by atoms with Crippen LogP contribution in [0.25, 0.3) is 0 Å². The number of rotatable bonds is 8. The second-order valence-electron chi connectivity index (χ2n) is 6.37. The van der Waals surface area contributed by atoms with E-state index in [-0.39, 0.29) is 23.4 Å². The van der Waals surface area contributed by atoms with Crippen molar-refractivity contribution < 1.29 is 17.9 Å². The van der Waals surface area contributed by atoms with Crippen molar-refractivity contribution in [3.63, 3.8) is 0 Å². The highest BCUT2D eigenvalue weighted by atomic mass is 32.2. The molecule has 0 aliphatic heterocycles. The minimum atomic E-state index is -3.95. The highest BCUT2D eigenvalue weighted by Gasteiger charge is 2.29. The number of benzene rings is 2. The number of nitrogens with one attached hydrogen (secondary N) is 1. The van der Waals surface area contributed by atoms with E-state index < -0.39 is 10.0 Å². The van der Waals surface area contributed by atoms with E-state index in [1.54, 1.807) is 48.5 Å². The van der Waals surface area contributed by atoms with Crippen LogP contribution in [0.5, 0.6) is 5.75 Å². The van der Waals surface area contributed by atoms with Crippen LogP contribution < -0.4 is 14.4 Å². The molecule has 0 bridgehead atoms. The van der Waals surface area contributed by atoms with E-state index in [0.29, 0.717) is 11.4 Å². The summed E-state index contributed by atoms with van der Waals surface area (Å²) in [6.07, 6.45) is 0.755. The first kappa shape index (κ1) is 20.8. The molecule has 2 aromatic carbocycles. The van der Waals surface area contributed by atoms with Crippen LogP contribution in [0.3, 0.4) is 0 Å². The Morgan fingerprint density at radius 2 is 1.78 bits per heavy atom. The molecule has 2 aromatic rings. The molecule has 0 radical (unpaired) electrons. The molecule has 146 valence electrons. The summed E-state index contributed by atoms with van der Waals surface area (Å²) in [5, 5.41) is 2.81. The number of aryl methyl sites for hydroxylation is 1. The van der Waals surface area contributed by atoms with Crippen molar-refractivity contribution >= 4 is 21.6 Å². The van der Waals surface area contributed by atoms with Gasteiger partial charge in [-0.2, -0.15) is 0 Å². The van der Waals surface area contributed by atoms with Gasteiger partial charge in [0.25, 0.3) is 10.0 Å². The number of methoxy groups -OCH3 is 1. The Kier molecular flexibility index (Phi) is 6.85. The van der Waals surface area contributed by atoms with Crippen LogP contribution in [0.4, 0.5) is 5.69 Å². The molecule has 1 amide bonds. The van der Waals surface area contributed by atoms with E-state index >= 15 is 0 Å². The van der Waals surface area contributed by atoms with E-state index in [4.69, 9.17) is 4.74 Å². The highest BCUT2D eigenvalue weighted by Crippen LogP contribution is 2.32. The fourth-order valence-electron chi connectivity index (χ4n) is 2.53. The molecule has 0 aliphatic carbocycles. The van der Waals surface area contributed by atoms with Gasteiger partial charge < -0.3 is 10.1 Å². The van der Waals surface area contributed by atoms with E-state index in [0.717, 1.165) is 16.3 Å². The Hall–Kier alpha value is -2.54. The smallest absolute Gasteiger partial charge is 0.264 e. The number of para-hydroxylation sites is 2. The standard InChI is InChI=1S/C20H26N2O4S/c1-5-16(3)21-20(23)14-22(18-8-6-7-9-19(18)26-4)27(24,25)17-12-10-15(2)11-13-17/h6-13,16H,5,14H2,1-4H3,(H,21,23)/t16-/m0/s1. The van der Waals surface area contributed by atoms with Crippen LogP contribution in [0.1, 0.15) is 25.8 Å². The summed E-state index contributed by atoms with van der Waals surface area (Å²) in [6.45, 7) is 5.38. The number of carbonyl (C=O) groups excluding carboxylic acids is 1. The number of sulfonamides is 1. The van der Waals surface area contributed by atoms with Gasteiger partial charge in [0.15, 0.2) is 0 Å². The number of amides is 1. The lowest BCUT2D eigenvalue weighted by Crippen LogP contribution is -2.43. The molecule has 0 heterocycles. The normalized spacial score (nSPS) is 12.3. The molecule has 27 heavy (non-hydrogen) atoms. The zero-order valence-corrected chi connectivity index (χ0v) is 16.9. The van der Waals surface area contributed by atoms with Gasteiger partial charge in [0.2, 0.25) is 5.91 Å². The fraction of sp³-hybridized carbons (Fsp3) is 0.350. The molecular formula is C20H26N2O4S. The van der Waals surface area contributed by atoms with Crippen molar-refractivity contribution in [3.8, 4) is 5.75 Å². The maximum absolute atomic E-state index is 13.3.